The SMILES string of the molecule is CCCCCCCCc1ccc(Nc2nc(-c3ccccn3)cs2)cc1. The Hall–Kier alpha value is -2.20. The second kappa shape index (κ2) is 10.1. The number of rotatable bonds is 10. The molecule has 0 saturated heterocycles. The van der Waals surface area contributed by atoms with Crippen molar-refractivity contribution in [1.82, 2.24) is 9.97 Å². The Morgan fingerprint density at radius 1 is 0.885 bits per heavy atom. The molecule has 0 amide bonds. The Morgan fingerprint density at radius 3 is 2.46 bits per heavy atom. The molecule has 26 heavy (non-hydrogen) atoms. The third-order valence-electron chi connectivity index (χ3n) is 4.46. The number of benzene rings is 1. The summed E-state index contributed by atoms with van der Waals surface area (Å²) in [4.78, 5) is 8.98. The number of aromatic nitrogens is 2. The van der Waals surface area contributed by atoms with Gasteiger partial charge < -0.3 is 5.32 Å². The normalized spacial score (nSPS) is 10.8. The van der Waals surface area contributed by atoms with Gasteiger partial charge in [0.05, 0.1) is 5.69 Å². The van der Waals surface area contributed by atoms with Crippen LogP contribution in [0.1, 0.15) is 51.0 Å². The van der Waals surface area contributed by atoms with Crippen LogP contribution in [0, 0.1) is 0 Å². The molecule has 0 spiro atoms. The number of nitrogens with one attached hydrogen (secondary N) is 1. The van der Waals surface area contributed by atoms with E-state index in [0.29, 0.717) is 0 Å². The monoisotopic (exact) mass is 365 g/mol. The fraction of sp³-hybridized carbons (Fsp3) is 0.364. The van der Waals surface area contributed by atoms with E-state index >= 15 is 0 Å². The number of nitrogens with zero attached hydrogens (tertiary/aromatic N) is 2. The summed E-state index contributed by atoms with van der Waals surface area (Å²) in [5.41, 5.74) is 4.32. The van der Waals surface area contributed by atoms with Gasteiger partial charge in [0.25, 0.3) is 0 Å². The number of hydrogen-bond acceptors (Lipinski definition) is 4. The number of aryl methyl sites for hydroxylation is 1. The van der Waals surface area contributed by atoms with Gasteiger partial charge in [0.2, 0.25) is 0 Å². The summed E-state index contributed by atoms with van der Waals surface area (Å²) >= 11 is 1.60. The molecule has 1 N–H and O–H groups in total. The average molecular weight is 366 g/mol. The van der Waals surface area contributed by atoms with Crippen molar-refractivity contribution in [2.45, 2.75) is 51.9 Å². The zero-order chi connectivity index (χ0) is 18.0. The van der Waals surface area contributed by atoms with Gasteiger partial charge in [-0.25, -0.2) is 4.98 Å². The number of unbranched alkanes of at least 4 members (excludes halogenated alkanes) is 5. The molecule has 3 rings (SSSR count). The van der Waals surface area contributed by atoms with Crippen LogP contribution in [0.3, 0.4) is 0 Å². The first-order chi connectivity index (χ1) is 12.8. The number of anilines is 2. The van der Waals surface area contributed by atoms with Crippen molar-refractivity contribution in [3.8, 4) is 11.4 Å². The Morgan fingerprint density at radius 2 is 1.69 bits per heavy atom. The third kappa shape index (κ3) is 5.67. The molecular weight excluding hydrogens is 338 g/mol. The molecule has 4 heteroatoms. The molecule has 0 unspecified atom stereocenters. The standard InChI is InChI=1S/C22H27N3S/c1-2-3-4-5-6-7-10-18-12-14-19(15-13-18)24-22-25-21(17-26-22)20-11-8-9-16-23-20/h8-9,11-17H,2-7,10H2,1H3,(H,24,25). The largest absolute Gasteiger partial charge is 0.332 e. The molecule has 136 valence electrons. The minimum absolute atomic E-state index is 0.898. The first kappa shape index (κ1) is 18.6. The van der Waals surface area contributed by atoms with Gasteiger partial charge in [-0.1, -0.05) is 57.2 Å². The molecule has 3 aromatic rings. The predicted molar refractivity (Wildman–Crippen MR) is 112 cm³/mol. The summed E-state index contributed by atoms with van der Waals surface area (Å²) in [7, 11) is 0. The minimum atomic E-state index is 0.898. The Kier molecular flexibility index (Phi) is 7.20. The molecule has 0 aliphatic carbocycles. The Labute approximate surface area is 160 Å². The van der Waals surface area contributed by atoms with Crippen LogP contribution in [0.15, 0.2) is 54.0 Å². The highest BCUT2D eigenvalue weighted by molar-refractivity contribution is 7.14. The van der Waals surface area contributed by atoms with Gasteiger partial charge in [-0.15, -0.1) is 11.3 Å². The van der Waals surface area contributed by atoms with Crippen molar-refractivity contribution in [3.05, 3.63) is 59.6 Å². The maximum Gasteiger partial charge on any atom is 0.187 e. The van der Waals surface area contributed by atoms with E-state index in [-0.39, 0.29) is 0 Å². The van der Waals surface area contributed by atoms with E-state index in [1.165, 1.54) is 50.5 Å². The lowest BCUT2D eigenvalue weighted by atomic mass is 10.0. The summed E-state index contributed by atoms with van der Waals surface area (Å²) in [5.74, 6) is 0. The van der Waals surface area contributed by atoms with Gasteiger partial charge in [0.1, 0.15) is 5.69 Å². The first-order valence-electron chi connectivity index (χ1n) is 9.58. The van der Waals surface area contributed by atoms with Crippen LogP contribution in [-0.2, 0) is 6.42 Å². The molecule has 0 fully saturated rings. The topological polar surface area (TPSA) is 37.8 Å². The van der Waals surface area contributed by atoms with Gasteiger partial charge in [-0.2, -0.15) is 0 Å². The molecule has 1 aromatic carbocycles. The van der Waals surface area contributed by atoms with Crippen molar-refractivity contribution in [1.29, 1.82) is 0 Å². The summed E-state index contributed by atoms with van der Waals surface area (Å²) in [6.45, 7) is 2.26. The van der Waals surface area contributed by atoms with Crippen molar-refractivity contribution in [2.24, 2.45) is 0 Å². The van der Waals surface area contributed by atoms with Crippen molar-refractivity contribution < 1.29 is 0 Å². The second-order valence-electron chi connectivity index (χ2n) is 6.59. The zero-order valence-electron chi connectivity index (χ0n) is 15.4. The predicted octanol–water partition coefficient (Wildman–Crippen LogP) is 6.85. The first-order valence-corrected chi connectivity index (χ1v) is 10.5. The van der Waals surface area contributed by atoms with Crippen LogP contribution < -0.4 is 5.32 Å². The minimum Gasteiger partial charge on any atom is -0.332 e. The van der Waals surface area contributed by atoms with E-state index in [0.717, 1.165) is 22.2 Å². The van der Waals surface area contributed by atoms with Crippen molar-refractivity contribution in [2.75, 3.05) is 5.32 Å². The number of thiazole rings is 1. The molecule has 0 aliphatic heterocycles. The van der Waals surface area contributed by atoms with Gasteiger partial charge in [-0.3, -0.25) is 4.98 Å². The maximum absolute atomic E-state index is 4.63. The molecule has 3 nitrogen and oxygen atoms in total. The lowest BCUT2D eigenvalue weighted by Gasteiger charge is -2.05. The summed E-state index contributed by atoms with van der Waals surface area (Å²) in [6.07, 6.45) is 11.0. The van der Waals surface area contributed by atoms with Gasteiger partial charge in [0, 0.05) is 17.3 Å². The zero-order valence-corrected chi connectivity index (χ0v) is 16.3. The van der Waals surface area contributed by atoms with Crippen LogP contribution >= 0.6 is 11.3 Å². The molecule has 2 aromatic heterocycles. The van der Waals surface area contributed by atoms with Gasteiger partial charge in [0.15, 0.2) is 5.13 Å². The molecule has 2 heterocycles. The average Bonchev–Trinajstić information content (AvgIpc) is 3.15. The van der Waals surface area contributed by atoms with Crippen molar-refractivity contribution >= 4 is 22.2 Å². The maximum atomic E-state index is 4.63. The van der Waals surface area contributed by atoms with Gasteiger partial charge in [-0.05, 0) is 42.7 Å². The Balaban J connectivity index is 1.48. The highest BCUT2D eigenvalue weighted by atomic mass is 32.1. The summed E-state index contributed by atoms with van der Waals surface area (Å²) in [6, 6.07) is 14.6. The summed E-state index contributed by atoms with van der Waals surface area (Å²) in [5, 5.41) is 6.33. The second-order valence-corrected chi connectivity index (χ2v) is 7.45. The van der Waals surface area contributed by atoms with Crippen LogP contribution in [0.4, 0.5) is 10.8 Å². The molecule has 0 radical (unpaired) electrons. The van der Waals surface area contributed by atoms with Crippen LogP contribution in [-0.4, -0.2) is 9.97 Å². The highest BCUT2D eigenvalue weighted by Crippen LogP contribution is 2.26. The summed E-state index contributed by atoms with van der Waals surface area (Å²) < 4.78 is 0. The number of pyridine rings is 1. The van der Waals surface area contributed by atoms with E-state index < -0.39 is 0 Å². The van der Waals surface area contributed by atoms with Gasteiger partial charge >= 0.3 is 0 Å². The third-order valence-corrected chi connectivity index (χ3v) is 5.21. The van der Waals surface area contributed by atoms with Crippen LogP contribution in [0.5, 0.6) is 0 Å². The van der Waals surface area contributed by atoms with E-state index in [9.17, 15) is 0 Å². The fourth-order valence-corrected chi connectivity index (χ4v) is 3.68. The fourth-order valence-electron chi connectivity index (χ4n) is 2.95. The Bertz CT molecular complexity index is 766. The number of hydrogen-bond donors (Lipinski definition) is 1. The lowest BCUT2D eigenvalue weighted by Crippen LogP contribution is -1.91. The van der Waals surface area contributed by atoms with Crippen LogP contribution in [0.25, 0.3) is 11.4 Å². The smallest absolute Gasteiger partial charge is 0.187 e. The lowest BCUT2D eigenvalue weighted by molar-refractivity contribution is 0.607. The highest BCUT2D eigenvalue weighted by Gasteiger charge is 2.05. The molecule has 0 aliphatic rings. The molecule has 0 saturated carbocycles. The van der Waals surface area contributed by atoms with E-state index in [2.05, 4.69) is 46.5 Å². The van der Waals surface area contributed by atoms with E-state index in [1.807, 2.05) is 23.6 Å². The quantitative estimate of drug-likeness (QED) is 0.399. The van der Waals surface area contributed by atoms with Crippen LogP contribution in [0.2, 0.25) is 0 Å². The van der Waals surface area contributed by atoms with Crippen molar-refractivity contribution in [3.63, 3.8) is 0 Å². The van der Waals surface area contributed by atoms with E-state index in [4.69, 9.17) is 0 Å². The molecule has 0 atom stereocenters. The van der Waals surface area contributed by atoms with E-state index in [1.54, 1.807) is 17.5 Å². The molecule has 0 bridgehead atoms. The molecular formula is C22H27N3S.